The van der Waals surface area contributed by atoms with Gasteiger partial charge in [-0.15, -0.1) is 0 Å². The van der Waals surface area contributed by atoms with Crippen LogP contribution in [0.25, 0.3) is 0 Å². The van der Waals surface area contributed by atoms with Gasteiger partial charge in [0.2, 0.25) is 0 Å². The second-order valence-corrected chi connectivity index (χ2v) is 3.83. The van der Waals surface area contributed by atoms with Crippen molar-refractivity contribution in [2.75, 3.05) is 0 Å². The number of unbranched alkanes of at least 4 members (excludes halogenated alkanes) is 4. The van der Waals surface area contributed by atoms with Crippen molar-refractivity contribution in [2.45, 2.75) is 51.2 Å². The first-order valence-electron chi connectivity index (χ1n) is 4.62. The molecule has 0 N–H and O–H groups in total. The summed E-state index contributed by atoms with van der Waals surface area (Å²) in [5.74, 6) is 0. The van der Waals surface area contributed by atoms with Crippen LogP contribution in [0.5, 0.6) is 0 Å². The smallest absolute Gasteiger partial charge is 0.0168 e. The molecule has 66 valence electrons. The zero-order valence-electron chi connectivity index (χ0n) is 7.71. The molecule has 0 aromatic carbocycles. The van der Waals surface area contributed by atoms with Crippen molar-refractivity contribution in [3.8, 4) is 0 Å². The second kappa shape index (κ2) is 8.19. The Morgan fingerprint density at radius 3 is 2.55 bits per heavy atom. The fourth-order valence-corrected chi connectivity index (χ4v) is 1.10. The number of allylic oxidation sites excluding steroid dienone is 1. The van der Waals surface area contributed by atoms with E-state index in [1.54, 1.807) is 0 Å². The summed E-state index contributed by atoms with van der Waals surface area (Å²) < 4.78 is 0. The zero-order valence-corrected chi connectivity index (χ0v) is 8.61. The molecule has 0 bridgehead atoms. The molecular formula is C10H20S. The predicted octanol–water partition coefficient (Wildman–Crippen LogP) is 3.83. The van der Waals surface area contributed by atoms with Crippen LogP contribution in [0, 0.1) is 0 Å². The summed E-state index contributed by atoms with van der Waals surface area (Å²) in [6.45, 7) is 4.33. The third kappa shape index (κ3) is 10.1. The van der Waals surface area contributed by atoms with Crippen LogP contribution in [0.3, 0.4) is 0 Å². The highest BCUT2D eigenvalue weighted by molar-refractivity contribution is 7.81. The van der Waals surface area contributed by atoms with Gasteiger partial charge in [-0.2, -0.15) is 12.6 Å². The van der Waals surface area contributed by atoms with Crippen LogP contribution in [0.1, 0.15) is 46.0 Å². The molecule has 0 radical (unpaired) electrons. The Bertz CT molecular complexity index is 95.0. The van der Waals surface area contributed by atoms with E-state index >= 15 is 0 Å². The van der Waals surface area contributed by atoms with Crippen molar-refractivity contribution in [1.29, 1.82) is 0 Å². The normalized spacial score (nSPS) is 14.1. The first kappa shape index (κ1) is 11.1. The minimum absolute atomic E-state index is 0.418. The third-order valence-electron chi connectivity index (χ3n) is 1.64. The van der Waals surface area contributed by atoms with Crippen molar-refractivity contribution in [3.05, 3.63) is 12.2 Å². The molecule has 1 heteroatoms. The molecule has 0 aliphatic heterocycles. The Labute approximate surface area is 76.5 Å². The average Bonchev–Trinajstić information content (AvgIpc) is 1.96. The zero-order chi connectivity index (χ0) is 8.53. The molecule has 0 amide bonds. The summed E-state index contributed by atoms with van der Waals surface area (Å²) in [5, 5.41) is 0.418. The number of hydrogen-bond acceptors (Lipinski definition) is 1. The molecule has 1 unspecified atom stereocenters. The highest BCUT2D eigenvalue weighted by Crippen LogP contribution is 2.04. The van der Waals surface area contributed by atoms with Gasteiger partial charge in [-0.05, 0) is 12.8 Å². The van der Waals surface area contributed by atoms with E-state index in [1.165, 1.54) is 32.1 Å². The van der Waals surface area contributed by atoms with Gasteiger partial charge in [0.1, 0.15) is 0 Å². The minimum Gasteiger partial charge on any atom is -0.172 e. The van der Waals surface area contributed by atoms with Crippen LogP contribution >= 0.6 is 12.6 Å². The Balaban J connectivity index is 3.01. The summed E-state index contributed by atoms with van der Waals surface area (Å²) in [4.78, 5) is 0. The van der Waals surface area contributed by atoms with Gasteiger partial charge < -0.3 is 0 Å². The molecule has 0 aromatic heterocycles. The number of thiol groups is 1. The van der Waals surface area contributed by atoms with E-state index in [4.69, 9.17) is 0 Å². The van der Waals surface area contributed by atoms with Crippen molar-refractivity contribution in [3.63, 3.8) is 0 Å². The molecule has 0 saturated carbocycles. The number of hydrogen-bond donors (Lipinski definition) is 1. The molecule has 0 heterocycles. The summed E-state index contributed by atoms with van der Waals surface area (Å²) in [6, 6.07) is 0. The lowest BCUT2D eigenvalue weighted by atomic mass is 10.1. The lowest BCUT2D eigenvalue weighted by molar-refractivity contribution is 0.674. The van der Waals surface area contributed by atoms with E-state index in [1.807, 2.05) is 0 Å². The van der Waals surface area contributed by atoms with Gasteiger partial charge in [0.25, 0.3) is 0 Å². The molecule has 0 aliphatic carbocycles. The van der Waals surface area contributed by atoms with Gasteiger partial charge in [0.15, 0.2) is 0 Å². The van der Waals surface area contributed by atoms with Gasteiger partial charge in [-0.1, -0.05) is 45.3 Å². The van der Waals surface area contributed by atoms with Crippen LogP contribution in [-0.2, 0) is 0 Å². The van der Waals surface area contributed by atoms with Crippen LogP contribution in [-0.4, -0.2) is 5.25 Å². The first-order valence-corrected chi connectivity index (χ1v) is 5.13. The maximum Gasteiger partial charge on any atom is 0.0168 e. The van der Waals surface area contributed by atoms with E-state index in [-0.39, 0.29) is 0 Å². The van der Waals surface area contributed by atoms with E-state index in [0.29, 0.717) is 5.25 Å². The van der Waals surface area contributed by atoms with Crippen LogP contribution in [0.2, 0.25) is 0 Å². The van der Waals surface area contributed by atoms with E-state index < -0.39 is 0 Å². The largest absolute Gasteiger partial charge is 0.172 e. The molecule has 11 heavy (non-hydrogen) atoms. The average molecular weight is 172 g/mol. The molecule has 0 fully saturated rings. The SMILES string of the molecule is CCCCCCC=CC(C)S. The van der Waals surface area contributed by atoms with Gasteiger partial charge in [-0.25, -0.2) is 0 Å². The Hall–Kier alpha value is 0.0900. The minimum atomic E-state index is 0.418. The molecule has 0 nitrogen and oxygen atoms in total. The van der Waals surface area contributed by atoms with Gasteiger partial charge in [0, 0.05) is 5.25 Å². The van der Waals surface area contributed by atoms with Crippen molar-refractivity contribution in [1.82, 2.24) is 0 Å². The van der Waals surface area contributed by atoms with Gasteiger partial charge in [0.05, 0.1) is 0 Å². The topological polar surface area (TPSA) is 0 Å². The Kier molecular flexibility index (Phi) is 8.26. The highest BCUT2D eigenvalue weighted by atomic mass is 32.1. The molecule has 0 spiro atoms. The van der Waals surface area contributed by atoms with Crippen molar-refractivity contribution < 1.29 is 0 Å². The van der Waals surface area contributed by atoms with Crippen LogP contribution in [0.15, 0.2) is 12.2 Å². The quantitative estimate of drug-likeness (QED) is 0.351. The monoisotopic (exact) mass is 172 g/mol. The van der Waals surface area contributed by atoms with E-state index in [0.717, 1.165) is 0 Å². The molecule has 0 rings (SSSR count). The summed E-state index contributed by atoms with van der Waals surface area (Å²) >= 11 is 4.25. The summed E-state index contributed by atoms with van der Waals surface area (Å²) in [7, 11) is 0. The van der Waals surface area contributed by atoms with Crippen molar-refractivity contribution in [2.24, 2.45) is 0 Å². The predicted molar refractivity (Wildman–Crippen MR) is 56.3 cm³/mol. The summed E-state index contributed by atoms with van der Waals surface area (Å²) in [6.07, 6.45) is 11.1. The number of rotatable bonds is 6. The van der Waals surface area contributed by atoms with Gasteiger partial charge >= 0.3 is 0 Å². The summed E-state index contributed by atoms with van der Waals surface area (Å²) in [5.41, 5.74) is 0. The molecular weight excluding hydrogens is 152 g/mol. The van der Waals surface area contributed by atoms with Crippen molar-refractivity contribution >= 4 is 12.6 Å². The Morgan fingerprint density at radius 1 is 1.27 bits per heavy atom. The fourth-order valence-electron chi connectivity index (χ4n) is 0.982. The highest BCUT2D eigenvalue weighted by Gasteiger charge is 1.86. The van der Waals surface area contributed by atoms with Crippen LogP contribution < -0.4 is 0 Å². The van der Waals surface area contributed by atoms with Crippen LogP contribution in [0.4, 0.5) is 0 Å². The maximum absolute atomic E-state index is 4.25. The molecule has 0 aromatic rings. The van der Waals surface area contributed by atoms with E-state index in [9.17, 15) is 0 Å². The third-order valence-corrected chi connectivity index (χ3v) is 1.81. The van der Waals surface area contributed by atoms with E-state index in [2.05, 4.69) is 38.6 Å². The van der Waals surface area contributed by atoms with Gasteiger partial charge in [-0.3, -0.25) is 0 Å². The standard InChI is InChI=1S/C10H20S/c1-3-4-5-6-7-8-9-10(2)11/h8-11H,3-7H2,1-2H3. The lowest BCUT2D eigenvalue weighted by Gasteiger charge is -1.95. The lowest BCUT2D eigenvalue weighted by Crippen LogP contribution is -1.81. The maximum atomic E-state index is 4.25. The molecule has 0 saturated heterocycles. The second-order valence-electron chi connectivity index (χ2n) is 3.02. The fraction of sp³-hybridized carbons (Fsp3) is 0.800. The molecule has 0 aliphatic rings. The Morgan fingerprint density at radius 2 is 2.00 bits per heavy atom. The molecule has 1 atom stereocenters. The first-order chi connectivity index (χ1) is 5.27.